The van der Waals surface area contributed by atoms with Crippen molar-refractivity contribution in [1.29, 1.82) is 0 Å². The monoisotopic (exact) mass is 382 g/mol. The third kappa shape index (κ3) is 3.45. The normalized spacial score (nSPS) is 17.0. The van der Waals surface area contributed by atoms with Crippen LogP contribution < -0.4 is 5.32 Å². The van der Waals surface area contributed by atoms with Crippen LogP contribution in [0.25, 0.3) is 11.0 Å². The van der Waals surface area contributed by atoms with Crippen LogP contribution >= 0.6 is 0 Å². The van der Waals surface area contributed by atoms with Gasteiger partial charge in [-0.15, -0.1) is 0 Å². The summed E-state index contributed by atoms with van der Waals surface area (Å²) in [6, 6.07) is 10.8. The lowest BCUT2D eigenvalue weighted by Gasteiger charge is -2.32. The molecule has 1 fully saturated rings. The van der Waals surface area contributed by atoms with Crippen molar-refractivity contribution in [2.45, 2.75) is 25.3 Å². The minimum absolute atomic E-state index is 0.135. The molecule has 1 saturated heterocycles. The maximum atomic E-state index is 12.6. The van der Waals surface area contributed by atoms with E-state index in [4.69, 9.17) is 14.5 Å². The lowest BCUT2D eigenvalue weighted by atomic mass is 9.97. The van der Waals surface area contributed by atoms with Crippen LogP contribution in [0.2, 0.25) is 0 Å². The van der Waals surface area contributed by atoms with Crippen LogP contribution in [-0.2, 0) is 13.6 Å². The zero-order chi connectivity index (χ0) is 19.7. The van der Waals surface area contributed by atoms with Gasteiger partial charge >= 0.3 is 12.0 Å². The van der Waals surface area contributed by atoms with E-state index >= 15 is 0 Å². The first-order chi connectivity index (χ1) is 13.5. The van der Waals surface area contributed by atoms with Crippen LogP contribution in [0.3, 0.4) is 0 Å². The van der Waals surface area contributed by atoms with Gasteiger partial charge in [0.1, 0.15) is 11.6 Å². The fourth-order valence-electron chi connectivity index (χ4n) is 3.76. The van der Waals surface area contributed by atoms with Gasteiger partial charge in [0, 0.05) is 26.1 Å². The van der Waals surface area contributed by atoms with Crippen molar-refractivity contribution in [2.24, 2.45) is 7.05 Å². The number of para-hydroxylation sites is 2. The first kappa shape index (κ1) is 18.1. The molecular weight excluding hydrogens is 360 g/mol. The smallest absolute Gasteiger partial charge is 0.371 e. The standard InChI is InChI=1S/C20H22N4O4/c1-23-16-7-3-2-6-15(16)22-18(23)13-5-4-10-24(12-13)20(27)21-11-14-8-9-17(28-14)19(25)26/h2-3,6-9,13H,4-5,10-12H2,1H3,(H,21,27)(H,25,26)/t13-/m1/s1. The van der Waals surface area contributed by atoms with E-state index < -0.39 is 5.97 Å². The van der Waals surface area contributed by atoms with E-state index in [1.165, 1.54) is 6.07 Å². The Morgan fingerprint density at radius 3 is 2.86 bits per heavy atom. The Labute approximate surface area is 161 Å². The molecule has 1 aliphatic heterocycles. The van der Waals surface area contributed by atoms with E-state index in [0.29, 0.717) is 18.8 Å². The van der Waals surface area contributed by atoms with Crippen LogP contribution in [0.5, 0.6) is 0 Å². The molecule has 0 saturated carbocycles. The zero-order valence-corrected chi connectivity index (χ0v) is 15.6. The van der Waals surface area contributed by atoms with Gasteiger partial charge < -0.3 is 24.3 Å². The summed E-state index contributed by atoms with van der Waals surface area (Å²) in [7, 11) is 2.01. The number of aryl methyl sites for hydroxylation is 1. The maximum absolute atomic E-state index is 12.6. The van der Waals surface area contributed by atoms with E-state index in [-0.39, 0.29) is 24.3 Å². The lowest BCUT2D eigenvalue weighted by Crippen LogP contribution is -2.45. The Morgan fingerprint density at radius 1 is 1.29 bits per heavy atom. The molecule has 0 radical (unpaired) electrons. The number of amides is 2. The highest BCUT2D eigenvalue weighted by molar-refractivity contribution is 5.84. The highest BCUT2D eigenvalue weighted by Gasteiger charge is 2.28. The van der Waals surface area contributed by atoms with E-state index in [1.807, 2.05) is 31.3 Å². The maximum Gasteiger partial charge on any atom is 0.371 e. The summed E-state index contributed by atoms with van der Waals surface area (Å²) in [5.74, 6) is 0.327. The number of urea groups is 1. The number of hydrogen-bond donors (Lipinski definition) is 2. The van der Waals surface area contributed by atoms with Gasteiger partial charge in [-0.3, -0.25) is 0 Å². The summed E-state index contributed by atoms with van der Waals surface area (Å²) in [4.78, 5) is 30.0. The number of fused-ring (bicyclic) bond motifs is 1. The molecule has 146 valence electrons. The second-order valence-electron chi connectivity index (χ2n) is 7.03. The number of piperidine rings is 1. The molecule has 1 aliphatic rings. The Hall–Kier alpha value is -3.29. The van der Waals surface area contributed by atoms with Gasteiger partial charge in [0.25, 0.3) is 0 Å². The van der Waals surface area contributed by atoms with Gasteiger partial charge in [-0.25, -0.2) is 14.6 Å². The van der Waals surface area contributed by atoms with Crippen LogP contribution in [0, 0.1) is 0 Å². The second kappa shape index (κ2) is 7.38. The average Bonchev–Trinajstić information content (AvgIpc) is 3.32. The SMILES string of the molecule is Cn1c([C@@H]2CCCN(C(=O)NCc3ccc(C(=O)O)o3)C2)nc2ccccc21. The first-order valence-electron chi connectivity index (χ1n) is 9.29. The van der Waals surface area contributed by atoms with Crippen LogP contribution in [-0.4, -0.2) is 44.6 Å². The topological polar surface area (TPSA) is 101 Å². The molecule has 3 aromatic rings. The molecule has 0 aliphatic carbocycles. The fraction of sp³-hybridized carbons (Fsp3) is 0.350. The van der Waals surface area contributed by atoms with E-state index in [1.54, 1.807) is 11.0 Å². The largest absolute Gasteiger partial charge is 0.475 e. The number of hydrogen-bond acceptors (Lipinski definition) is 4. The summed E-state index contributed by atoms with van der Waals surface area (Å²) < 4.78 is 7.29. The number of carbonyl (C=O) groups is 2. The molecule has 4 rings (SSSR count). The highest BCUT2D eigenvalue weighted by atomic mass is 16.4. The third-order valence-corrected chi connectivity index (χ3v) is 5.18. The molecule has 3 heterocycles. The van der Waals surface area contributed by atoms with Crippen molar-refractivity contribution < 1.29 is 19.1 Å². The minimum Gasteiger partial charge on any atom is -0.475 e. The molecule has 0 bridgehead atoms. The fourth-order valence-corrected chi connectivity index (χ4v) is 3.76. The Bertz CT molecular complexity index is 1020. The van der Waals surface area contributed by atoms with E-state index in [9.17, 15) is 9.59 Å². The zero-order valence-electron chi connectivity index (χ0n) is 15.6. The van der Waals surface area contributed by atoms with Gasteiger partial charge in [0.15, 0.2) is 0 Å². The van der Waals surface area contributed by atoms with Gasteiger partial charge in [-0.2, -0.15) is 0 Å². The van der Waals surface area contributed by atoms with Crippen molar-refractivity contribution in [3.05, 3.63) is 53.7 Å². The Balaban J connectivity index is 1.41. The molecule has 28 heavy (non-hydrogen) atoms. The van der Waals surface area contributed by atoms with Crippen molar-refractivity contribution in [3.8, 4) is 0 Å². The summed E-state index contributed by atoms with van der Waals surface area (Å²) in [5, 5.41) is 11.7. The van der Waals surface area contributed by atoms with Gasteiger partial charge in [-0.05, 0) is 37.1 Å². The number of rotatable bonds is 4. The predicted molar refractivity (Wildman–Crippen MR) is 102 cm³/mol. The molecule has 8 heteroatoms. The number of carboxylic acid groups (broad SMARTS) is 1. The van der Waals surface area contributed by atoms with Crippen molar-refractivity contribution in [2.75, 3.05) is 13.1 Å². The number of nitrogens with zero attached hydrogens (tertiary/aromatic N) is 3. The number of aromatic nitrogens is 2. The summed E-state index contributed by atoms with van der Waals surface area (Å²) in [5.41, 5.74) is 2.06. The summed E-state index contributed by atoms with van der Waals surface area (Å²) in [6.07, 6.45) is 1.90. The molecule has 2 N–H and O–H groups in total. The third-order valence-electron chi connectivity index (χ3n) is 5.18. The van der Waals surface area contributed by atoms with Gasteiger partial charge in [0.05, 0.1) is 17.6 Å². The number of benzene rings is 1. The summed E-state index contributed by atoms with van der Waals surface area (Å²) in [6.45, 7) is 1.44. The molecule has 2 aromatic heterocycles. The van der Waals surface area contributed by atoms with Crippen LogP contribution in [0.4, 0.5) is 4.79 Å². The summed E-state index contributed by atoms with van der Waals surface area (Å²) >= 11 is 0. The van der Waals surface area contributed by atoms with E-state index in [0.717, 1.165) is 29.7 Å². The Morgan fingerprint density at radius 2 is 2.11 bits per heavy atom. The minimum atomic E-state index is -1.13. The van der Waals surface area contributed by atoms with Crippen LogP contribution in [0.15, 0.2) is 40.8 Å². The molecule has 8 nitrogen and oxygen atoms in total. The van der Waals surface area contributed by atoms with Crippen LogP contribution in [0.1, 0.15) is 40.9 Å². The molecule has 0 spiro atoms. The highest BCUT2D eigenvalue weighted by Crippen LogP contribution is 2.28. The molecular formula is C20H22N4O4. The number of imidazole rings is 1. The van der Waals surface area contributed by atoms with Crippen molar-refractivity contribution in [1.82, 2.24) is 19.8 Å². The number of furan rings is 1. The molecule has 1 atom stereocenters. The van der Waals surface area contributed by atoms with Gasteiger partial charge in [0.2, 0.25) is 5.76 Å². The first-order valence-corrected chi connectivity index (χ1v) is 9.29. The Kier molecular flexibility index (Phi) is 4.77. The number of carbonyl (C=O) groups excluding carboxylic acids is 1. The molecule has 1 aromatic carbocycles. The predicted octanol–water partition coefficient (Wildman–Crippen LogP) is 2.95. The second-order valence-corrected chi connectivity index (χ2v) is 7.03. The van der Waals surface area contributed by atoms with Crippen molar-refractivity contribution in [3.63, 3.8) is 0 Å². The number of nitrogens with one attached hydrogen (secondary N) is 1. The van der Waals surface area contributed by atoms with Gasteiger partial charge in [-0.1, -0.05) is 12.1 Å². The number of aromatic carboxylic acids is 1. The van der Waals surface area contributed by atoms with Crippen molar-refractivity contribution >= 4 is 23.0 Å². The number of likely N-dealkylation sites (tertiary alicyclic amines) is 1. The average molecular weight is 382 g/mol. The molecule has 0 unspecified atom stereocenters. The quantitative estimate of drug-likeness (QED) is 0.722. The lowest BCUT2D eigenvalue weighted by molar-refractivity contribution is 0.0660. The molecule has 2 amide bonds. The number of carboxylic acids is 1. The van der Waals surface area contributed by atoms with E-state index in [2.05, 4.69) is 9.88 Å².